The molecule has 0 saturated heterocycles. The molecule has 0 aliphatic rings. The number of aromatic nitrogens is 3. The van der Waals surface area contributed by atoms with Gasteiger partial charge in [-0.1, -0.05) is 0 Å². The molecular weight excluding hydrogens is 493 g/mol. The Morgan fingerprint density at radius 3 is 1.42 bits per heavy atom. The van der Waals surface area contributed by atoms with Crippen molar-refractivity contribution in [3.63, 3.8) is 0 Å². The van der Waals surface area contributed by atoms with Gasteiger partial charge >= 0.3 is 6.18 Å². The highest BCUT2D eigenvalue weighted by Crippen LogP contribution is 2.40. The van der Waals surface area contributed by atoms with Crippen molar-refractivity contribution in [3.05, 3.63) is 64.4 Å². The second kappa shape index (κ2) is 8.15. The normalized spacial score (nSPS) is 12.1. The number of alkyl halides is 5. The number of hydrogen-bond donors (Lipinski definition) is 0. The minimum absolute atomic E-state index is 0.132. The minimum atomic E-state index is -5.55. The fourth-order valence-corrected chi connectivity index (χ4v) is 2.62. The summed E-state index contributed by atoms with van der Waals surface area (Å²) < 4.78 is 177. The van der Waals surface area contributed by atoms with E-state index in [2.05, 4.69) is 15.0 Å². The van der Waals surface area contributed by atoms with E-state index in [4.69, 9.17) is 0 Å². The van der Waals surface area contributed by atoms with Gasteiger partial charge < -0.3 is 0 Å². The maximum absolute atomic E-state index is 14.5. The SMILES string of the molecule is Fc1nc(F)c(F)c(-c2c(F)c(F)c(-c3cc(C(F)F)nc(C(F)(F)F)n3)c(F)c2F)c1F. The molecule has 0 unspecified atom stereocenters. The maximum atomic E-state index is 14.5. The van der Waals surface area contributed by atoms with Crippen LogP contribution in [0.15, 0.2) is 6.07 Å². The van der Waals surface area contributed by atoms with Gasteiger partial charge in [-0.05, 0) is 6.07 Å². The quantitative estimate of drug-likeness (QED) is 0.244. The summed E-state index contributed by atoms with van der Waals surface area (Å²) in [5.74, 6) is -23.2. The number of nitrogens with zero attached hydrogens (tertiary/aromatic N) is 3. The average molecular weight is 495 g/mol. The van der Waals surface area contributed by atoms with Crippen LogP contribution in [0, 0.1) is 46.8 Å². The Hall–Kier alpha value is -3.46. The molecule has 0 N–H and O–H groups in total. The summed E-state index contributed by atoms with van der Waals surface area (Å²) in [6.07, 6.45) is -9.32. The standard InChI is InChI=1S/C17H2F13N3/c18-7-4(2-1-3(13(24)25)32-16(31-2)17(28,29)30)8(19)10(21)5(9(7)20)6-11(22)14(26)33-15(27)12(6)23/h1,13H. The van der Waals surface area contributed by atoms with E-state index in [-0.39, 0.29) is 6.07 Å². The topological polar surface area (TPSA) is 38.7 Å². The van der Waals surface area contributed by atoms with E-state index in [1.54, 1.807) is 0 Å². The maximum Gasteiger partial charge on any atom is 0.451 e. The highest BCUT2D eigenvalue weighted by atomic mass is 19.4. The van der Waals surface area contributed by atoms with Gasteiger partial charge in [0.1, 0.15) is 5.69 Å². The van der Waals surface area contributed by atoms with E-state index in [0.29, 0.717) is 0 Å². The molecule has 3 rings (SSSR count). The molecule has 1 aromatic carbocycles. The molecule has 0 aliphatic carbocycles. The van der Waals surface area contributed by atoms with E-state index in [9.17, 15) is 57.1 Å². The summed E-state index contributed by atoms with van der Waals surface area (Å²) in [7, 11) is 0. The predicted octanol–water partition coefficient (Wildman–Crippen LogP) is 6.27. The van der Waals surface area contributed by atoms with Crippen LogP contribution in [-0.2, 0) is 6.18 Å². The lowest BCUT2D eigenvalue weighted by Crippen LogP contribution is -2.15. The minimum Gasteiger partial charge on any atom is -0.224 e. The van der Waals surface area contributed by atoms with E-state index in [1.807, 2.05) is 0 Å². The lowest BCUT2D eigenvalue weighted by atomic mass is 9.99. The molecule has 16 heteroatoms. The first-order chi connectivity index (χ1) is 15.2. The summed E-state index contributed by atoms with van der Waals surface area (Å²) in [6, 6.07) is -0.132. The fraction of sp³-hybridized carbons (Fsp3) is 0.118. The number of rotatable bonds is 3. The summed E-state index contributed by atoms with van der Waals surface area (Å²) in [5.41, 5.74) is -10.2. The predicted molar refractivity (Wildman–Crippen MR) is 80.3 cm³/mol. The molecule has 3 aromatic rings. The molecule has 33 heavy (non-hydrogen) atoms. The van der Waals surface area contributed by atoms with Gasteiger partial charge in [-0.3, -0.25) is 0 Å². The van der Waals surface area contributed by atoms with Crippen LogP contribution in [0.3, 0.4) is 0 Å². The third kappa shape index (κ3) is 4.04. The molecule has 2 aromatic heterocycles. The molecule has 2 heterocycles. The zero-order chi connectivity index (χ0) is 25.0. The van der Waals surface area contributed by atoms with E-state index < -0.39 is 93.3 Å². The van der Waals surface area contributed by atoms with Crippen LogP contribution in [0.2, 0.25) is 0 Å². The van der Waals surface area contributed by atoms with Crippen LogP contribution in [0.1, 0.15) is 17.9 Å². The molecule has 0 saturated carbocycles. The highest BCUT2D eigenvalue weighted by Gasteiger charge is 2.38. The molecule has 176 valence electrons. The smallest absolute Gasteiger partial charge is 0.224 e. The third-order valence-corrected chi connectivity index (χ3v) is 3.99. The van der Waals surface area contributed by atoms with Crippen LogP contribution >= 0.6 is 0 Å². The summed E-state index contributed by atoms with van der Waals surface area (Å²) in [6.45, 7) is 0. The first kappa shape index (κ1) is 24.2. The van der Waals surface area contributed by atoms with E-state index in [0.717, 1.165) is 0 Å². The van der Waals surface area contributed by atoms with Gasteiger partial charge in [0.2, 0.25) is 5.82 Å². The van der Waals surface area contributed by atoms with Crippen molar-refractivity contribution >= 4 is 0 Å². The van der Waals surface area contributed by atoms with Crippen molar-refractivity contribution in [2.75, 3.05) is 0 Å². The van der Waals surface area contributed by atoms with Gasteiger partial charge in [0.15, 0.2) is 34.9 Å². The zero-order valence-electron chi connectivity index (χ0n) is 14.9. The third-order valence-electron chi connectivity index (χ3n) is 3.99. The van der Waals surface area contributed by atoms with Crippen LogP contribution < -0.4 is 0 Å². The molecule has 3 nitrogen and oxygen atoms in total. The highest BCUT2D eigenvalue weighted by molar-refractivity contribution is 5.72. The number of hydrogen-bond acceptors (Lipinski definition) is 3. The molecule has 0 radical (unpaired) electrons. The average Bonchev–Trinajstić information content (AvgIpc) is 2.72. The molecule has 0 spiro atoms. The lowest BCUT2D eigenvalue weighted by molar-refractivity contribution is -0.145. The second-order valence-corrected chi connectivity index (χ2v) is 6.00. The Labute approximate surface area is 172 Å². The van der Waals surface area contributed by atoms with Crippen molar-refractivity contribution in [2.45, 2.75) is 12.6 Å². The van der Waals surface area contributed by atoms with Crippen molar-refractivity contribution < 1.29 is 57.1 Å². The van der Waals surface area contributed by atoms with Gasteiger partial charge in [-0.25, -0.2) is 45.1 Å². The van der Waals surface area contributed by atoms with Crippen molar-refractivity contribution in [1.82, 2.24) is 15.0 Å². The van der Waals surface area contributed by atoms with Crippen molar-refractivity contribution in [2.24, 2.45) is 0 Å². The summed E-state index contributed by atoms with van der Waals surface area (Å²) >= 11 is 0. The monoisotopic (exact) mass is 495 g/mol. The lowest BCUT2D eigenvalue weighted by Gasteiger charge is -2.15. The summed E-state index contributed by atoms with van der Waals surface area (Å²) in [5, 5.41) is 0. The van der Waals surface area contributed by atoms with Crippen molar-refractivity contribution in [1.29, 1.82) is 0 Å². The van der Waals surface area contributed by atoms with Crippen LogP contribution in [0.5, 0.6) is 0 Å². The Morgan fingerprint density at radius 1 is 0.576 bits per heavy atom. The number of benzene rings is 1. The molecule has 0 bridgehead atoms. The van der Waals surface area contributed by atoms with Crippen LogP contribution in [0.4, 0.5) is 57.1 Å². The number of pyridine rings is 1. The largest absolute Gasteiger partial charge is 0.451 e. The first-order valence-corrected chi connectivity index (χ1v) is 7.97. The van der Waals surface area contributed by atoms with Crippen molar-refractivity contribution in [3.8, 4) is 22.4 Å². The molecule has 0 amide bonds. The molecule has 0 aliphatic heterocycles. The fourth-order valence-electron chi connectivity index (χ4n) is 2.62. The van der Waals surface area contributed by atoms with E-state index >= 15 is 0 Å². The Balaban J connectivity index is 2.41. The Kier molecular flexibility index (Phi) is 5.97. The molecular formula is C17H2F13N3. The van der Waals surface area contributed by atoms with Crippen LogP contribution in [-0.4, -0.2) is 15.0 Å². The van der Waals surface area contributed by atoms with Gasteiger partial charge in [-0.2, -0.15) is 26.9 Å². The Bertz CT molecular complexity index is 1220. The first-order valence-electron chi connectivity index (χ1n) is 7.97. The second-order valence-electron chi connectivity index (χ2n) is 6.00. The number of halogens is 13. The summed E-state index contributed by atoms with van der Waals surface area (Å²) in [4.78, 5) is 7.08. The molecule has 0 atom stereocenters. The van der Waals surface area contributed by atoms with Gasteiger partial charge in [0.25, 0.3) is 18.3 Å². The van der Waals surface area contributed by atoms with Gasteiger partial charge in [0.05, 0.1) is 22.4 Å². The van der Waals surface area contributed by atoms with Gasteiger partial charge in [-0.15, -0.1) is 0 Å². The van der Waals surface area contributed by atoms with Crippen LogP contribution in [0.25, 0.3) is 22.4 Å². The van der Waals surface area contributed by atoms with Gasteiger partial charge in [0, 0.05) is 0 Å². The zero-order valence-corrected chi connectivity index (χ0v) is 14.9. The molecule has 0 fully saturated rings. The Morgan fingerprint density at radius 2 is 1.00 bits per heavy atom. The van der Waals surface area contributed by atoms with E-state index in [1.165, 1.54) is 0 Å².